The molecule has 0 radical (unpaired) electrons. The Morgan fingerprint density at radius 1 is 0.733 bits per heavy atom. The SMILES string of the molecule is O=P1(N(CCCl)CCCl)Oc2ccccc2OCCOCCOc2ccccc2O1. The Labute approximate surface area is 186 Å². The van der Waals surface area contributed by atoms with Gasteiger partial charge in [-0.15, -0.1) is 23.2 Å². The van der Waals surface area contributed by atoms with Crippen molar-refractivity contribution in [2.75, 3.05) is 51.3 Å². The van der Waals surface area contributed by atoms with Crippen LogP contribution < -0.4 is 18.5 Å². The van der Waals surface area contributed by atoms with Crippen LogP contribution >= 0.6 is 30.9 Å². The second-order valence-electron chi connectivity index (χ2n) is 6.19. The van der Waals surface area contributed by atoms with E-state index in [1.54, 1.807) is 48.5 Å². The lowest BCUT2D eigenvalue weighted by molar-refractivity contribution is 0.0749. The fraction of sp³-hybridized carbons (Fsp3) is 0.400. The summed E-state index contributed by atoms with van der Waals surface area (Å²) in [6.45, 7) is 1.86. The Kier molecular flexibility index (Phi) is 8.97. The Morgan fingerprint density at radius 2 is 1.17 bits per heavy atom. The van der Waals surface area contributed by atoms with Gasteiger partial charge in [0.25, 0.3) is 0 Å². The number of hydrogen-bond acceptors (Lipinski definition) is 6. The molecule has 0 spiro atoms. The predicted molar refractivity (Wildman–Crippen MR) is 117 cm³/mol. The highest BCUT2D eigenvalue weighted by atomic mass is 35.5. The maximum atomic E-state index is 14.1. The quantitative estimate of drug-likeness (QED) is 0.453. The van der Waals surface area contributed by atoms with Crippen molar-refractivity contribution in [3.8, 4) is 23.0 Å². The summed E-state index contributed by atoms with van der Waals surface area (Å²) in [5, 5.41) is 0. The zero-order valence-corrected chi connectivity index (χ0v) is 18.8. The molecule has 0 fully saturated rings. The van der Waals surface area contributed by atoms with E-state index in [2.05, 4.69) is 0 Å². The molecular formula is C20H24Cl2NO6P. The number of nitrogens with zero attached hydrogens (tertiary/aromatic N) is 1. The molecule has 164 valence electrons. The van der Waals surface area contributed by atoms with Crippen molar-refractivity contribution in [1.29, 1.82) is 0 Å². The summed E-state index contributed by atoms with van der Waals surface area (Å²) in [5.41, 5.74) is 0. The van der Waals surface area contributed by atoms with Gasteiger partial charge in [-0.05, 0) is 24.3 Å². The van der Waals surface area contributed by atoms with Gasteiger partial charge in [-0.25, -0.2) is 4.57 Å². The van der Waals surface area contributed by atoms with Gasteiger partial charge in [0.15, 0.2) is 23.0 Å². The highest BCUT2D eigenvalue weighted by molar-refractivity contribution is 7.52. The van der Waals surface area contributed by atoms with Gasteiger partial charge in [0, 0.05) is 24.8 Å². The third-order valence-electron chi connectivity index (χ3n) is 4.13. The minimum atomic E-state index is -3.92. The van der Waals surface area contributed by atoms with Gasteiger partial charge in [0.1, 0.15) is 13.2 Å². The Bertz CT molecular complexity index is 792. The van der Waals surface area contributed by atoms with E-state index in [9.17, 15) is 4.57 Å². The van der Waals surface area contributed by atoms with E-state index >= 15 is 0 Å². The third-order valence-corrected chi connectivity index (χ3v) is 6.41. The zero-order valence-electron chi connectivity index (χ0n) is 16.4. The average Bonchev–Trinajstić information content (AvgIpc) is 2.74. The normalized spacial score (nSPS) is 16.6. The van der Waals surface area contributed by atoms with Crippen LogP contribution in [-0.2, 0) is 9.30 Å². The predicted octanol–water partition coefficient (Wildman–Crippen LogP) is 4.82. The molecule has 0 bridgehead atoms. The molecule has 0 amide bonds. The largest absolute Gasteiger partial charge is 0.515 e. The van der Waals surface area contributed by atoms with Crippen LogP contribution in [0.3, 0.4) is 0 Å². The molecule has 2 aromatic carbocycles. The van der Waals surface area contributed by atoms with Crippen molar-refractivity contribution in [3.63, 3.8) is 0 Å². The Morgan fingerprint density at radius 3 is 1.60 bits per heavy atom. The first-order chi connectivity index (χ1) is 14.7. The van der Waals surface area contributed by atoms with Crippen LogP contribution in [0.1, 0.15) is 0 Å². The van der Waals surface area contributed by atoms with Crippen LogP contribution in [0.2, 0.25) is 0 Å². The van der Waals surface area contributed by atoms with E-state index < -0.39 is 7.75 Å². The average molecular weight is 476 g/mol. The van der Waals surface area contributed by atoms with Gasteiger partial charge < -0.3 is 23.3 Å². The first kappa shape index (κ1) is 23.0. The minimum absolute atomic E-state index is 0.223. The second-order valence-corrected chi connectivity index (χ2v) is 8.81. The van der Waals surface area contributed by atoms with Crippen molar-refractivity contribution in [2.24, 2.45) is 0 Å². The van der Waals surface area contributed by atoms with Crippen LogP contribution in [0.15, 0.2) is 48.5 Å². The van der Waals surface area contributed by atoms with E-state index in [0.29, 0.717) is 37.9 Å². The number of para-hydroxylation sites is 4. The van der Waals surface area contributed by atoms with Crippen molar-refractivity contribution < 1.29 is 27.8 Å². The zero-order chi connectivity index (χ0) is 21.2. The van der Waals surface area contributed by atoms with Crippen LogP contribution in [0.4, 0.5) is 0 Å². The van der Waals surface area contributed by atoms with Gasteiger partial charge in [0.2, 0.25) is 0 Å². The number of ether oxygens (including phenoxy) is 3. The van der Waals surface area contributed by atoms with Gasteiger partial charge in [-0.1, -0.05) is 24.3 Å². The topological polar surface area (TPSA) is 66.5 Å². The lowest BCUT2D eigenvalue weighted by atomic mass is 10.3. The highest BCUT2D eigenvalue weighted by Gasteiger charge is 2.38. The maximum Gasteiger partial charge on any atom is 0.515 e. The highest BCUT2D eigenvalue weighted by Crippen LogP contribution is 2.54. The molecule has 2 aromatic rings. The molecule has 3 rings (SSSR count). The number of fused-ring (bicyclic) bond motifs is 2. The molecule has 1 heterocycles. The first-order valence-electron chi connectivity index (χ1n) is 9.54. The van der Waals surface area contributed by atoms with E-state index in [1.807, 2.05) is 0 Å². The molecule has 0 unspecified atom stereocenters. The number of alkyl halides is 2. The maximum absolute atomic E-state index is 14.1. The lowest BCUT2D eigenvalue weighted by Crippen LogP contribution is -2.30. The Balaban J connectivity index is 2.03. The molecule has 0 aliphatic carbocycles. The van der Waals surface area contributed by atoms with Gasteiger partial charge >= 0.3 is 7.75 Å². The van der Waals surface area contributed by atoms with E-state index in [4.69, 9.17) is 46.5 Å². The van der Waals surface area contributed by atoms with E-state index in [-0.39, 0.29) is 36.3 Å². The summed E-state index contributed by atoms with van der Waals surface area (Å²) >= 11 is 11.9. The molecule has 0 N–H and O–H groups in total. The van der Waals surface area contributed by atoms with Crippen LogP contribution in [0.25, 0.3) is 0 Å². The molecular weight excluding hydrogens is 452 g/mol. The summed E-state index contributed by atoms with van der Waals surface area (Å²) in [7, 11) is -3.92. The van der Waals surface area contributed by atoms with Crippen molar-refractivity contribution in [1.82, 2.24) is 4.67 Å². The third kappa shape index (κ3) is 6.19. The van der Waals surface area contributed by atoms with Gasteiger partial charge in [0.05, 0.1) is 13.2 Å². The molecule has 0 saturated carbocycles. The molecule has 0 atom stereocenters. The lowest BCUT2D eigenvalue weighted by Gasteiger charge is -2.30. The summed E-state index contributed by atoms with van der Waals surface area (Å²) in [4.78, 5) is 0. The van der Waals surface area contributed by atoms with Gasteiger partial charge in [-0.2, -0.15) is 4.67 Å². The summed E-state index contributed by atoms with van der Waals surface area (Å²) in [6.07, 6.45) is 0. The fourth-order valence-electron chi connectivity index (χ4n) is 2.75. The summed E-state index contributed by atoms with van der Waals surface area (Å²) < 4.78 is 44.6. The van der Waals surface area contributed by atoms with E-state index in [1.165, 1.54) is 4.67 Å². The van der Waals surface area contributed by atoms with E-state index in [0.717, 1.165) is 0 Å². The molecule has 7 nitrogen and oxygen atoms in total. The summed E-state index contributed by atoms with van der Waals surface area (Å²) in [6, 6.07) is 13.9. The number of rotatable bonds is 5. The van der Waals surface area contributed by atoms with Crippen LogP contribution in [0.5, 0.6) is 23.0 Å². The molecule has 10 heteroatoms. The number of halogens is 2. The van der Waals surface area contributed by atoms with Crippen LogP contribution in [-0.4, -0.2) is 55.9 Å². The molecule has 30 heavy (non-hydrogen) atoms. The fourth-order valence-corrected chi connectivity index (χ4v) is 5.15. The monoisotopic (exact) mass is 475 g/mol. The standard InChI is InChI=1S/C20H24Cl2NO6P/c21-9-11-23(12-10-22)30(24)28-19-7-3-1-5-17(19)26-15-13-25-14-16-27-18-6-2-4-8-20(18)29-30/h1-8H,9-16H2. The summed E-state index contributed by atoms with van der Waals surface area (Å²) in [5.74, 6) is 1.88. The van der Waals surface area contributed by atoms with Crippen LogP contribution in [0, 0.1) is 0 Å². The second kappa shape index (κ2) is 11.7. The molecule has 0 aromatic heterocycles. The smallest absolute Gasteiger partial charge is 0.487 e. The number of hydrogen-bond donors (Lipinski definition) is 0. The number of benzene rings is 2. The minimum Gasteiger partial charge on any atom is -0.487 e. The Hall–Kier alpha value is -1.63. The first-order valence-corrected chi connectivity index (χ1v) is 12.1. The van der Waals surface area contributed by atoms with Crippen molar-refractivity contribution in [3.05, 3.63) is 48.5 Å². The molecule has 0 saturated heterocycles. The molecule has 1 aliphatic heterocycles. The van der Waals surface area contributed by atoms with Gasteiger partial charge in [-0.3, -0.25) is 0 Å². The van der Waals surface area contributed by atoms with Crippen molar-refractivity contribution in [2.45, 2.75) is 0 Å². The molecule has 1 aliphatic rings. The van der Waals surface area contributed by atoms with Crippen molar-refractivity contribution >= 4 is 30.9 Å².